The summed E-state index contributed by atoms with van der Waals surface area (Å²) in [5.74, 6) is -0.393. The smallest absolute Gasteiger partial charge is 0.221 e. The minimum absolute atomic E-state index is 0.164. The highest BCUT2D eigenvalue weighted by atomic mass is 16.3. The number of hydrogen-bond acceptors (Lipinski definition) is 2. The van der Waals surface area contributed by atoms with Crippen LogP contribution >= 0.6 is 0 Å². The van der Waals surface area contributed by atoms with Gasteiger partial charge in [0.1, 0.15) is 0 Å². The SMILES string of the molecule is CC(=O)Nc1ccccc1[O-]. The minimum atomic E-state index is -0.228. The number of anilines is 1. The summed E-state index contributed by atoms with van der Waals surface area (Å²) in [6.45, 7) is 1.37. The van der Waals surface area contributed by atoms with E-state index in [-0.39, 0.29) is 11.7 Å². The summed E-state index contributed by atoms with van der Waals surface area (Å²) in [6.07, 6.45) is 0. The predicted molar refractivity (Wildman–Crippen MR) is 40.2 cm³/mol. The normalized spacial score (nSPS) is 9.18. The van der Waals surface area contributed by atoms with Crippen LogP contribution in [0.4, 0.5) is 5.69 Å². The molecular formula is C8H8NO2-. The van der Waals surface area contributed by atoms with Gasteiger partial charge in [0, 0.05) is 12.6 Å². The van der Waals surface area contributed by atoms with Gasteiger partial charge in [-0.2, -0.15) is 0 Å². The Morgan fingerprint density at radius 2 is 2.09 bits per heavy atom. The Hall–Kier alpha value is -1.51. The van der Waals surface area contributed by atoms with Gasteiger partial charge in [-0.1, -0.05) is 23.9 Å². The summed E-state index contributed by atoms with van der Waals surface area (Å²) in [7, 11) is 0. The van der Waals surface area contributed by atoms with Crippen LogP contribution in [-0.2, 0) is 4.79 Å². The fraction of sp³-hybridized carbons (Fsp3) is 0.125. The highest BCUT2D eigenvalue weighted by Gasteiger charge is 1.93. The zero-order valence-electron chi connectivity index (χ0n) is 6.13. The molecule has 0 aromatic heterocycles. The molecule has 0 aliphatic carbocycles. The third-order valence-electron chi connectivity index (χ3n) is 1.20. The molecule has 1 aromatic rings. The Morgan fingerprint density at radius 1 is 1.45 bits per heavy atom. The second-order valence-electron chi connectivity index (χ2n) is 2.18. The van der Waals surface area contributed by atoms with Gasteiger partial charge in [0.2, 0.25) is 5.91 Å². The third-order valence-corrected chi connectivity index (χ3v) is 1.20. The first-order valence-corrected chi connectivity index (χ1v) is 3.24. The van der Waals surface area contributed by atoms with Gasteiger partial charge in [-0.25, -0.2) is 0 Å². The van der Waals surface area contributed by atoms with Crippen molar-refractivity contribution >= 4 is 11.6 Å². The maximum atomic E-state index is 10.9. The van der Waals surface area contributed by atoms with Crippen molar-refractivity contribution in [2.75, 3.05) is 5.32 Å². The Labute approximate surface area is 64.7 Å². The number of nitrogens with one attached hydrogen (secondary N) is 1. The molecule has 0 unspecified atom stereocenters. The summed E-state index contributed by atoms with van der Waals surface area (Å²) in [5.41, 5.74) is 0.333. The van der Waals surface area contributed by atoms with Gasteiger partial charge in [-0.05, 0) is 6.07 Å². The molecule has 1 N–H and O–H groups in total. The average molecular weight is 150 g/mol. The Morgan fingerprint density at radius 3 is 2.64 bits per heavy atom. The van der Waals surface area contributed by atoms with E-state index in [2.05, 4.69) is 5.32 Å². The maximum Gasteiger partial charge on any atom is 0.221 e. The lowest BCUT2D eigenvalue weighted by Gasteiger charge is -2.11. The van der Waals surface area contributed by atoms with Gasteiger partial charge >= 0.3 is 0 Å². The molecular weight excluding hydrogens is 142 g/mol. The molecule has 11 heavy (non-hydrogen) atoms. The van der Waals surface area contributed by atoms with Gasteiger partial charge in [-0.15, -0.1) is 0 Å². The standard InChI is InChI=1S/C8H9NO2/c1-6(10)9-7-4-2-3-5-8(7)11/h2-5,11H,1H3,(H,9,10)/p-1. The van der Waals surface area contributed by atoms with Crippen molar-refractivity contribution in [3.05, 3.63) is 24.3 Å². The second kappa shape index (κ2) is 3.05. The number of benzene rings is 1. The van der Waals surface area contributed by atoms with Gasteiger partial charge in [0.15, 0.2) is 0 Å². The van der Waals surface area contributed by atoms with E-state index in [9.17, 15) is 9.90 Å². The topological polar surface area (TPSA) is 52.2 Å². The van der Waals surface area contributed by atoms with Crippen molar-refractivity contribution in [1.29, 1.82) is 0 Å². The maximum absolute atomic E-state index is 10.9. The highest BCUT2D eigenvalue weighted by molar-refractivity contribution is 5.90. The first-order valence-electron chi connectivity index (χ1n) is 3.24. The molecule has 0 spiro atoms. The summed E-state index contributed by atoms with van der Waals surface area (Å²) < 4.78 is 0. The molecule has 0 fully saturated rings. The van der Waals surface area contributed by atoms with E-state index < -0.39 is 0 Å². The van der Waals surface area contributed by atoms with Gasteiger partial charge in [0.05, 0.1) is 0 Å². The Balaban J connectivity index is 2.86. The number of carbonyl (C=O) groups excluding carboxylic acids is 1. The summed E-state index contributed by atoms with van der Waals surface area (Å²) in [4.78, 5) is 10.5. The third kappa shape index (κ3) is 1.97. The highest BCUT2D eigenvalue weighted by Crippen LogP contribution is 2.17. The molecule has 0 saturated heterocycles. The van der Waals surface area contributed by atoms with Crippen molar-refractivity contribution in [3.63, 3.8) is 0 Å². The fourth-order valence-corrected chi connectivity index (χ4v) is 0.760. The number of para-hydroxylation sites is 2. The van der Waals surface area contributed by atoms with Gasteiger partial charge < -0.3 is 10.4 Å². The molecule has 0 aliphatic rings. The number of hydrogen-bond donors (Lipinski definition) is 1. The largest absolute Gasteiger partial charge is 0.871 e. The van der Waals surface area contributed by atoms with Crippen LogP contribution < -0.4 is 10.4 Å². The predicted octanol–water partition coefficient (Wildman–Crippen LogP) is 0.719. The second-order valence-corrected chi connectivity index (χ2v) is 2.18. The van der Waals surface area contributed by atoms with Crippen LogP contribution in [0.15, 0.2) is 24.3 Å². The van der Waals surface area contributed by atoms with Crippen molar-refractivity contribution < 1.29 is 9.90 Å². The van der Waals surface area contributed by atoms with E-state index in [1.54, 1.807) is 18.2 Å². The number of amides is 1. The van der Waals surface area contributed by atoms with Crippen LogP contribution in [0.5, 0.6) is 5.75 Å². The zero-order valence-corrected chi connectivity index (χ0v) is 6.13. The Kier molecular flexibility index (Phi) is 2.11. The molecule has 3 nitrogen and oxygen atoms in total. The summed E-state index contributed by atoms with van der Waals surface area (Å²) >= 11 is 0. The van der Waals surface area contributed by atoms with E-state index in [1.807, 2.05) is 0 Å². The minimum Gasteiger partial charge on any atom is -0.871 e. The van der Waals surface area contributed by atoms with Gasteiger partial charge in [0.25, 0.3) is 0 Å². The van der Waals surface area contributed by atoms with Crippen molar-refractivity contribution in [3.8, 4) is 5.75 Å². The van der Waals surface area contributed by atoms with E-state index in [1.165, 1.54) is 13.0 Å². The lowest BCUT2D eigenvalue weighted by Crippen LogP contribution is -2.08. The molecule has 1 aromatic carbocycles. The first kappa shape index (κ1) is 7.60. The van der Waals surface area contributed by atoms with Crippen molar-refractivity contribution in [2.24, 2.45) is 0 Å². The molecule has 0 atom stereocenters. The van der Waals surface area contributed by atoms with Crippen molar-refractivity contribution in [2.45, 2.75) is 6.92 Å². The zero-order chi connectivity index (χ0) is 8.27. The van der Waals surface area contributed by atoms with Crippen LogP contribution in [0, 0.1) is 0 Å². The molecule has 0 heterocycles. The molecule has 1 rings (SSSR count). The van der Waals surface area contributed by atoms with Crippen LogP contribution in [-0.4, -0.2) is 5.91 Å². The first-order chi connectivity index (χ1) is 5.20. The van der Waals surface area contributed by atoms with Crippen LogP contribution in [0.25, 0.3) is 0 Å². The van der Waals surface area contributed by atoms with E-state index in [0.717, 1.165) is 0 Å². The average Bonchev–Trinajstić information content (AvgIpc) is 1.93. The fourth-order valence-electron chi connectivity index (χ4n) is 0.760. The van der Waals surface area contributed by atoms with Crippen LogP contribution in [0.2, 0.25) is 0 Å². The lowest BCUT2D eigenvalue weighted by molar-refractivity contribution is -0.267. The van der Waals surface area contributed by atoms with E-state index >= 15 is 0 Å². The molecule has 0 radical (unpaired) electrons. The van der Waals surface area contributed by atoms with E-state index in [4.69, 9.17) is 0 Å². The molecule has 58 valence electrons. The van der Waals surface area contributed by atoms with Crippen LogP contribution in [0.1, 0.15) is 6.92 Å². The van der Waals surface area contributed by atoms with Crippen LogP contribution in [0.3, 0.4) is 0 Å². The number of rotatable bonds is 1. The quantitative estimate of drug-likeness (QED) is 0.641. The Bertz CT molecular complexity index is 271. The molecule has 1 amide bonds. The molecule has 3 heteroatoms. The summed E-state index contributed by atoms with van der Waals surface area (Å²) in [5, 5.41) is 13.4. The van der Waals surface area contributed by atoms with Gasteiger partial charge in [-0.3, -0.25) is 4.79 Å². The lowest BCUT2D eigenvalue weighted by atomic mass is 10.3. The molecule has 0 saturated carbocycles. The number of carbonyl (C=O) groups is 1. The van der Waals surface area contributed by atoms with Crippen molar-refractivity contribution in [1.82, 2.24) is 0 Å². The summed E-state index contributed by atoms with van der Waals surface area (Å²) in [6, 6.07) is 6.31. The van der Waals surface area contributed by atoms with E-state index in [0.29, 0.717) is 5.69 Å². The molecule has 0 bridgehead atoms. The molecule has 0 aliphatic heterocycles. The monoisotopic (exact) mass is 150 g/mol.